The molecule has 0 saturated carbocycles. The van der Waals surface area contributed by atoms with Gasteiger partial charge in [-0.2, -0.15) is 0 Å². The highest BCUT2D eigenvalue weighted by molar-refractivity contribution is 4.93. The van der Waals surface area contributed by atoms with Crippen LogP contribution in [0.2, 0.25) is 0 Å². The highest BCUT2D eigenvalue weighted by atomic mass is 15.1. The van der Waals surface area contributed by atoms with E-state index in [0.29, 0.717) is 5.41 Å². The zero-order valence-electron chi connectivity index (χ0n) is 10.4. The third kappa shape index (κ3) is 2.36. The largest absolute Gasteiger partial charge is 0.316 e. The maximum Gasteiger partial charge on any atom is -0.00153 e. The minimum atomic E-state index is 0.685. The van der Waals surface area contributed by atoms with Gasteiger partial charge in [0.2, 0.25) is 0 Å². The molecule has 2 saturated heterocycles. The predicted molar refractivity (Wildman–Crippen MR) is 65.0 cm³/mol. The van der Waals surface area contributed by atoms with E-state index in [9.17, 15) is 0 Å². The van der Waals surface area contributed by atoms with Gasteiger partial charge in [0, 0.05) is 0 Å². The second-order valence-electron chi connectivity index (χ2n) is 5.58. The third-order valence-corrected chi connectivity index (χ3v) is 4.76. The van der Waals surface area contributed by atoms with Crippen molar-refractivity contribution in [1.82, 2.24) is 10.2 Å². The molecule has 2 rings (SSSR count). The van der Waals surface area contributed by atoms with Crippen molar-refractivity contribution in [3.63, 3.8) is 0 Å². The fraction of sp³-hybridized carbons (Fsp3) is 1.00. The lowest BCUT2D eigenvalue weighted by Gasteiger charge is -2.44. The van der Waals surface area contributed by atoms with Crippen LogP contribution in [0.4, 0.5) is 0 Å². The van der Waals surface area contributed by atoms with Gasteiger partial charge in [0.15, 0.2) is 0 Å². The van der Waals surface area contributed by atoms with Crippen LogP contribution in [0.25, 0.3) is 0 Å². The standard InChI is InChI=1S/C13H26N2/c1-3-12-11-14-8-6-13(12)5-4-9-15(2)10-7-13/h12,14H,3-11H2,1-2H3. The highest BCUT2D eigenvalue weighted by Crippen LogP contribution is 2.44. The molecule has 0 bridgehead atoms. The fourth-order valence-electron chi connectivity index (χ4n) is 3.62. The van der Waals surface area contributed by atoms with E-state index in [0.717, 1.165) is 5.92 Å². The summed E-state index contributed by atoms with van der Waals surface area (Å²) in [6.45, 7) is 7.51. The summed E-state index contributed by atoms with van der Waals surface area (Å²) in [6.07, 6.45) is 7.09. The minimum absolute atomic E-state index is 0.685. The average molecular weight is 210 g/mol. The minimum Gasteiger partial charge on any atom is -0.316 e. The molecule has 0 amide bonds. The normalized spacial score (nSPS) is 39.2. The first-order valence-corrected chi connectivity index (χ1v) is 6.66. The predicted octanol–water partition coefficient (Wildman–Crippen LogP) is 2.11. The molecule has 1 N–H and O–H groups in total. The zero-order valence-corrected chi connectivity index (χ0v) is 10.4. The van der Waals surface area contributed by atoms with E-state index in [4.69, 9.17) is 0 Å². The molecule has 2 heteroatoms. The summed E-state index contributed by atoms with van der Waals surface area (Å²) in [7, 11) is 2.28. The topological polar surface area (TPSA) is 15.3 Å². The molecule has 0 aliphatic carbocycles. The number of rotatable bonds is 1. The van der Waals surface area contributed by atoms with E-state index in [2.05, 4.69) is 24.2 Å². The number of piperidine rings is 1. The Morgan fingerprint density at radius 2 is 2.13 bits per heavy atom. The van der Waals surface area contributed by atoms with Gasteiger partial charge in [-0.05, 0) is 70.2 Å². The lowest BCUT2D eigenvalue weighted by molar-refractivity contribution is 0.0842. The van der Waals surface area contributed by atoms with E-state index in [1.807, 2.05) is 0 Å². The van der Waals surface area contributed by atoms with Gasteiger partial charge >= 0.3 is 0 Å². The molecule has 1 spiro atoms. The van der Waals surface area contributed by atoms with Crippen LogP contribution in [0.1, 0.15) is 39.0 Å². The number of nitrogens with zero attached hydrogens (tertiary/aromatic N) is 1. The molecular formula is C13H26N2. The Kier molecular flexibility index (Phi) is 3.68. The van der Waals surface area contributed by atoms with E-state index in [1.54, 1.807) is 0 Å². The van der Waals surface area contributed by atoms with Crippen LogP contribution in [0.15, 0.2) is 0 Å². The number of hydrogen-bond acceptors (Lipinski definition) is 2. The Hall–Kier alpha value is -0.0800. The van der Waals surface area contributed by atoms with Crippen LogP contribution in [0.3, 0.4) is 0 Å². The molecule has 2 fully saturated rings. The van der Waals surface area contributed by atoms with Gasteiger partial charge in [-0.1, -0.05) is 13.3 Å². The molecule has 2 heterocycles. The summed E-state index contributed by atoms with van der Waals surface area (Å²) in [5, 5.41) is 3.58. The maximum absolute atomic E-state index is 3.58. The van der Waals surface area contributed by atoms with E-state index >= 15 is 0 Å². The van der Waals surface area contributed by atoms with Crippen molar-refractivity contribution in [2.24, 2.45) is 11.3 Å². The monoisotopic (exact) mass is 210 g/mol. The number of hydrogen-bond donors (Lipinski definition) is 1. The molecule has 0 radical (unpaired) electrons. The van der Waals surface area contributed by atoms with Gasteiger partial charge in [0.25, 0.3) is 0 Å². The van der Waals surface area contributed by atoms with E-state index in [1.165, 1.54) is 58.3 Å². The van der Waals surface area contributed by atoms with Crippen LogP contribution < -0.4 is 5.32 Å². The van der Waals surface area contributed by atoms with Gasteiger partial charge < -0.3 is 10.2 Å². The average Bonchev–Trinajstić information content (AvgIpc) is 2.43. The second kappa shape index (κ2) is 4.84. The molecule has 0 aromatic rings. The molecule has 15 heavy (non-hydrogen) atoms. The van der Waals surface area contributed by atoms with Gasteiger partial charge in [0.1, 0.15) is 0 Å². The molecule has 88 valence electrons. The summed E-state index contributed by atoms with van der Waals surface area (Å²) < 4.78 is 0. The van der Waals surface area contributed by atoms with Crippen molar-refractivity contribution in [3.8, 4) is 0 Å². The van der Waals surface area contributed by atoms with Crippen molar-refractivity contribution in [1.29, 1.82) is 0 Å². The molecule has 2 aliphatic heterocycles. The summed E-state index contributed by atoms with van der Waals surface area (Å²) in [4.78, 5) is 2.52. The summed E-state index contributed by atoms with van der Waals surface area (Å²) in [5.74, 6) is 0.928. The fourth-order valence-corrected chi connectivity index (χ4v) is 3.62. The highest BCUT2D eigenvalue weighted by Gasteiger charge is 2.39. The summed E-state index contributed by atoms with van der Waals surface area (Å²) >= 11 is 0. The summed E-state index contributed by atoms with van der Waals surface area (Å²) in [6, 6.07) is 0. The van der Waals surface area contributed by atoms with E-state index in [-0.39, 0.29) is 0 Å². The van der Waals surface area contributed by atoms with Crippen molar-refractivity contribution >= 4 is 0 Å². The molecule has 2 unspecified atom stereocenters. The van der Waals surface area contributed by atoms with Crippen LogP contribution in [0.5, 0.6) is 0 Å². The number of likely N-dealkylation sites (tertiary alicyclic amines) is 1. The zero-order chi connectivity index (χ0) is 10.7. The molecular weight excluding hydrogens is 184 g/mol. The number of nitrogens with one attached hydrogen (secondary N) is 1. The first-order chi connectivity index (χ1) is 7.27. The first-order valence-electron chi connectivity index (χ1n) is 6.66. The van der Waals surface area contributed by atoms with Crippen molar-refractivity contribution in [2.75, 3.05) is 33.2 Å². The van der Waals surface area contributed by atoms with E-state index < -0.39 is 0 Å². The van der Waals surface area contributed by atoms with Crippen LogP contribution >= 0.6 is 0 Å². The molecule has 0 aromatic carbocycles. The van der Waals surface area contributed by atoms with Gasteiger partial charge in [-0.3, -0.25) is 0 Å². The Balaban J connectivity index is 2.07. The Labute approximate surface area is 94.4 Å². The maximum atomic E-state index is 3.58. The van der Waals surface area contributed by atoms with Crippen LogP contribution in [0, 0.1) is 11.3 Å². The smallest absolute Gasteiger partial charge is 0.00153 e. The van der Waals surface area contributed by atoms with Gasteiger partial charge in [-0.25, -0.2) is 0 Å². The Bertz CT molecular complexity index is 205. The Morgan fingerprint density at radius 3 is 2.93 bits per heavy atom. The lowest BCUT2D eigenvalue weighted by atomic mass is 9.65. The molecule has 0 aromatic heterocycles. The van der Waals surface area contributed by atoms with Crippen LogP contribution in [-0.4, -0.2) is 38.1 Å². The van der Waals surface area contributed by atoms with Gasteiger partial charge in [-0.15, -0.1) is 0 Å². The van der Waals surface area contributed by atoms with Crippen molar-refractivity contribution < 1.29 is 0 Å². The second-order valence-corrected chi connectivity index (χ2v) is 5.58. The lowest BCUT2D eigenvalue weighted by Crippen LogP contribution is -2.45. The van der Waals surface area contributed by atoms with Gasteiger partial charge in [0.05, 0.1) is 0 Å². The Morgan fingerprint density at radius 1 is 1.27 bits per heavy atom. The first kappa shape index (κ1) is 11.4. The van der Waals surface area contributed by atoms with Crippen LogP contribution in [-0.2, 0) is 0 Å². The van der Waals surface area contributed by atoms with Crippen molar-refractivity contribution in [3.05, 3.63) is 0 Å². The molecule has 2 aliphatic rings. The van der Waals surface area contributed by atoms with Crippen molar-refractivity contribution in [2.45, 2.75) is 39.0 Å². The molecule has 2 nitrogen and oxygen atoms in total. The molecule has 2 atom stereocenters. The third-order valence-electron chi connectivity index (χ3n) is 4.76. The quantitative estimate of drug-likeness (QED) is 0.713. The summed E-state index contributed by atoms with van der Waals surface area (Å²) in [5.41, 5.74) is 0.685. The SMILES string of the molecule is CCC1CNCCC12CCCN(C)CC2.